The van der Waals surface area contributed by atoms with Gasteiger partial charge in [-0.3, -0.25) is 0 Å². The highest BCUT2D eigenvalue weighted by Crippen LogP contribution is 2.32. The molecular formula is C19H19ClN4. The molecule has 2 aliphatic heterocycles. The van der Waals surface area contributed by atoms with E-state index in [2.05, 4.69) is 52.7 Å². The summed E-state index contributed by atoms with van der Waals surface area (Å²) < 4.78 is 0. The third kappa shape index (κ3) is 2.43. The highest BCUT2D eigenvalue weighted by Gasteiger charge is 2.39. The average molecular weight is 339 g/mol. The Balaban J connectivity index is 0.00000146. The molecule has 2 unspecified atom stereocenters. The lowest BCUT2D eigenvalue weighted by Crippen LogP contribution is -2.44. The van der Waals surface area contributed by atoms with Crippen molar-refractivity contribution in [3.63, 3.8) is 0 Å². The number of rotatable bonds is 2. The van der Waals surface area contributed by atoms with Gasteiger partial charge in [0.1, 0.15) is 0 Å². The van der Waals surface area contributed by atoms with Gasteiger partial charge < -0.3 is 10.2 Å². The van der Waals surface area contributed by atoms with Crippen LogP contribution in [-0.2, 0) is 0 Å². The van der Waals surface area contributed by atoms with Crippen LogP contribution < -0.4 is 10.2 Å². The maximum atomic E-state index is 4.96. The lowest BCUT2D eigenvalue weighted by Gasteiger charge is -2.28. The molecule has 5 rings (SSSR count). The minimum absolute atomic E-state index is 0. The number of nitrogens with one attached hydrogen (secondary N) is 1. The van der Waals surface area contributed by atoms with Crippen molar-refractivity contribution in [1.29, 1.82) is 0 Å². The molecule has 4 nitrogen and oxygen atoms in total. The zero-order chi connectivity index (χ0) is 15.2. The van der Waals surface area contributed by atoms with Crippen LogP contribution in [0.1, 0.15) is 6.42 Å². The minimum atomic E-state index is 0. The zero-order valence-corrected chi connectivity index (χ0v) is 14.0. The van der Waals surface area contributed by atoms with Crippen LogP contribution in [-0.4, -0.2) is 35.1 Å². The van der Waals surface area contributed by atoms with Crippen molar-refractivity contribution < 1.29 is 0 Å². The van der Waals surface area contributed by atoms with E-state index in [9.17, 15) is 0 Å². The molecule has 1 aromatic heterocycles. The molecule has 2 atom stereocenters. The number of halogens is 1. The summed E-state index contributed by atoms with van der Waals surface area (Å²) >= 11 is 0. The summed E-state index contributed by atoms with van der Waals surface area (Å²) in [4.78, 5) is 12.2. The first-order valence-electron chi connectivity index (χ1n) is 8.21. The fourth-order valence-corrected chi connectivity index (χ4v) is 3.81. The van der Waals surface area contributed by atoms with Gasteiger partial charge in [-0.1, -0.05) is 48.5 Å². The Morgan fingerprint density at radius 1 is 0.958 bits per heavy atom. The van der Waals surface area contributed by atoms with Gasteiger partial charge in [0.05, 0.1) is 11.2 Å². The smallest absolute Gasteiger partial charge is 0.226 e. The molecule has 1 N–H and O–H groups in total. The topological polar surface area (TPSA) is 41.1 Å². The van der Waals surface area contributed by atoms with Crippen molar-refractivity contribution in [3.8, 4) is 11.3 Å². The highest BCUT2D eigenvalue weighted by molar-refractivity contribution is 5.93. The molecule has 0 aliphatic carbocycles. The SMILES string of the molecule is Cl.c1ccc(-c2nc(N3CC4CC3CN4)nc3ccccc23)cc1. The molecule has 2 bridgehead atoms. The normalized spacial score (nSPS) is 21.9. The molecule has 0 amide bonds. The molecule has 2 fully saturated rings. The molecule has 0 spiro atoms. The Kier molecular flexibility index (Phi) is 3.87. The van der Waals surface area contributed by atoms with E-state index >= 15 is 0 Å². The van der Waals surface area contributed by atoms with Crippen molar-refractivity contribution in [2.45, 2.75) is 18.5 Å². The standard InChI is InChI=1S/C19H18N4.ClH/c1-2-6-13(7-3-1)18-16-8-4-5-9-17(16)21-19(22-18)23-12-14-10-15(23)11-20-14;/h1-9,14-15,20H,10-12H2;1H. The average Bonchev–Trinajstić information content (AvgIpc) is 3.25. The number of fused-ring (bicyclic) bond motifs is 3. The van der Waals surface area contributed by atoms with E-state index in [4.69, 9.17) is 9.97 Å². The summed E-state index contributed by atoms with van der Waals surface area (Å²) in [5.41, 5.74) is 3.20. The van der Waals surface area contributed by atoms with E-state index in [0.717, 1.165) is 41.2 Å². The lowest BCUT2D eigenvalue weighted by atomic mass is 10.1. The number of para-hydroxylation sites is 1. The second-order valence-corrected chi connectivity index (χ2v) is 6.40. The lowest BCUT2D eigenvalue weighted by molar-refractivity contribution is 0.572. The quantitative estimate of drug-likeness (QED) is 0.778. The van der Waals surface area contributed by atoms with Crippen molar-refractivity contribution in [1.82, 2.24) is 15.3 Å². The molecular weight excluding hydrogens is 320 g/mol. The van der Waals surface area contributed by atoms with Crippen LogP contribution in [0.2, 0.25) is 0 Å². The molecule has 3 heterocycles. The van der Waals surface area contributed by atoms with Crippen molar-refractivity contribution in [2.75, 3.05) is 18.0 Å². The molecule has 0 saturated carbocycles. The third-order valence-electron chi connectivity index (χ3n) is 4.95. The van der Waals surface area contributed by atoms with Gasteiger partial charge >= 0.3 is 0 Å². The van der Waals surface area contributed by atoms with Crippen LogP contribution in [0.25, 0.3) is 22.2 Å². The van der Waals surface area contributed by atoms with E-state index in [1.54, 1.807) is 0 Å². The Morgan fingerprint density at radius 3 is 2.50 bits per heavy atom. The molecule has 0 radical (unpaired) electrons. The van der Waals surface area contributed by atoms with Gasteiger partial charge in [-0.05, 0) is 12.5 Å². The van der Waals surface area contributed by atoms with Gasteiger partial charge in [-0.15, -0.1) is 12.4 Å². The van der Waals surface area contributed by atoms with E-state index < -0.39 is 0 Å². The van der Waals surface area contributed by atoms with Gasteiger partial charge in [-0.2, -0.15) is 0 Å². The second-order valence-electron chi connectivity index (χ2n) is 6.40. The largest absolute Gasteiger partial charge is 0.335 e. The summed E-state index contributed by atoms with van der Waals surface area (Å²) in [6, 6.07) is 19.8. The Labute approximate surface area is 147 Å². The maximum absolute atomic E-state index is 4.96. The fourth-order valence-electron chi connectivity index (χ4n) is 3.81. The molecule has 122 valence electrons. The summed E-state index contributed by atoms with van der Waals surface area (Å²) in [5.74, 6) is 0.872. The van der Waals surface area contributed by atoms with E-state index in [-0.39, 0.29) is 12.4 Å². The van der Waals surface area contributed by atoms with E-state index in [1.807, 2.05) is 12.1 Å². The first-order chi connectivity index (χ1) is 11.4. The Bertz CT molecular complexity index is 868. The van der Waals surface area contributed by atoms with E-state index in [0.29, 0.717) is 12.1 Å². The predicted octanol–water partition coefficient (Wildman–Crippen LogP) is 3.27. The first-order valence-corrected chi connectivity index (χ1v) is 8.21. The number of benzene rings is 2. The molecule has 5 heteroatoms. The second kappa shape index (κ2) is 6.04. The van der Waals surface area contributed by atoms with Crippen LogP contribution in [0, 0.1) is 0 Å². The molecule has 2 aromatic carbocycles. The van der Waals surface area contributed by atoms with Gasteiger partial charge in [0, 0.05) is 36.1 Å². The summed E-state index contributed by atoms with van der Waals surface area (Å²) in [7, 11) is 0. The number of hydrogen-bond acceptors (Lipinski definition) is 4. The van der Waals surface area contributed by atoms with Crippen molar-refractivity contribution in [2.24, 2.45) is 0 Å². The van der Waals surface area contributed by atoms with Gasteiger partial charge in [0.2, 0.25) is 5.95 Å². The molecule has 2 aliphatic rings. The van der Waals surface area contributed by atoms with Gasteiger partial charge in [0.25, 0.3) is 0 Å². The third-order valence-corrected chi connectivity index (χ3v) is 4.95. The maximum Gasteiger partial charge on any atom is 0.226 e. The van der Waals surface area contributed by atoms with Gasteiger partial charge in [-0.25, -0.2) is 9.97 Å². The van der Waals surface area contributed by atoms with Crippen molar-refractivity contribution >= 4 is 29.3 Å². The predicted molar refractivity (Wildman–Crippen MR) is 99.8 cm³/mol. The van der Waals surface area contributed by atoms with Crippen LogP contribution in [0.3, 0.4) is 0 Å². The summed E-state index contributed by atoms with van der Waals surface area (Å²) in [6.45, 7) is 2.05. The monoisotopic (exact) mass is 338 g/mol. The number of nitrogens with zero attached hydrogens (tertiary/aromatic N) is 3. The number of hydrogen-bond donors (Lipinski definition) is 1. The van der Waals surface area contributed by atoms with Gasteiger partial charge in [0.15, 0.2) is 0 Å². The number of aromatic nitrogens is 2. The van der Waals surface area contributed by atoms with E-state index in [1.165, 1.54) is 6.42 Å². The first kappa shape index (κ1) is 15.4. The molecule has 2 saturated heterocycles. The van der Waals surface area contributed by atoms with Crippen LogP contribution in [0.4, 0.5) is 5.95 Å². The number of piperazine rings is 1. The van der Waals surface area contributed by atoms with Crippen LogP contribution in [0.5, 0.6) is 0 Å². The van der Waals surface area contributed by atoms with Crippen molar-refractivity contribution in [3.05, 3.63) is 54.6 Å². The number of anilines is 1. The zero-order valence-electron chi connectivity index (χ0n) is 13.2. The Morgan fingerprint density at radius 2 is 1.75 bits per heavy atom. The summed E-state index contributed by atoms with van der Waals surface area (Å²) in [5, 5.41) is 4.66. The summed E-state index contributed by atoms with van der Waals surface area (Å²) in [6.07, 6.45) is 1.21. The molecule has 3 aromatic rings. The highest BCUT2D eigenvalue weighted by atomic mass is 35.5. The Hall–Kier alpha value is -2.17. The molecule has 24 heavy (non-hydrogen) atoms. The fraction of sp³-hybridized carbons (Fsp3) is 0.263. The minimum Gasteiger partial charge on any atom is -0.335 e. The van der Waals surface area contributed by atoms with Crippen LogP contribution in [0.15, 0.2) is 54.6 Å². The van der Waals surface area contributed by atoms with Crippen LogP contribution >= 0.6 is 12.4 Å².